The molecule has 0 bridgehead atoms. The quantitative estimate of drug-likeness (QED) is 0.524. The first kappa shape index (κ1) is 19.8. The van der Waals surface area contributed by atoms with Crippen LogP contribution in [0, 0.1) is 6.92 Å². The second-order valence-corrected chi connectivity index (χ2v) is 6.61. The van der Waals surface area contributed by atoms with Crippen molar-refractivity contribution in [2.45, 2.75) is 19.6 Å². The van der Waals surface area contributed by atoms with E-state index in [0.29, 0.717) is 5.11 Å². The molecule has 0 spiro atoms. The van der Waals surface area contributed by atoms with Crippen LogP contribution in [0.5, 0.6) is 5.75 Å². The lowest BCUT2D eigenvalue weighted by Gasteiger charge is -2.22. The number of benzene rings is 3. The fraction of sp³-hybridized carbons (Fsp3) is 0.136. The van der Waals surface area contributed by atoms with E-state index in [1.165, 1.54) is 12.1 Å². The molecule has 1 atom stereocenters. The van der Waals surface area contributed by atoms with E-state index in [9.17, 15) is 8.78 Å². The molecule has 3 aromatic carbocycles. The maximum Gasteiger partial charge on any atom is 0.387 e. The Hall–Kier alpha value is -2.99. The molecular weight excluding hydrogens is 378 g/mol. The van der Waals surface area contributed by atoms with E-state index in [0.717, 1.165) is 22.4 Å². The molecule has 0 radical (unpaired) electrons. The van der Waals surface area contributed by atoms with Gasteiger partial charge >= 0.3 is 6.61 Å². The average Bonchev–Trinajstić information content (AvgIpc) is 2.69. The van der Waals surface area contributed by atoms with Crippen LogP contribution in [0.25, 0.3) is 0 Å². The predicted molar refractivity (Wildman–Crippen MR) is 112 cm³/mol. The second-order valence-electron chi connectivity index (χ2n) is 6.20. The number of rotatable bonds is 6. The van der Waals surface area contributed by atoms with Gasteiger partial charge in [-0.15, -0.1) is 0 Å². The van der Waals surface area contributed by atoms with Crippen LogP contribution in [0.1, 0.15) is 22.7 Å². The maximum atomic E-state index is 12.4. The van der Waals surface area contributed by atoms with Gasteiger partial charge in [-0.2, -0.15) is 8.78 Å². The third-order valence-corrected chi connectivity index (χ3v) is 4.46. The van der Waals surface area contributed by atoms with Crippen molar-refractivity contribution >= 4 is 23.0 Å². The lowest BCUT2D eigenvalue weighted by atomic mass is 9.99. The first-order valence-corrected chi connectivity index (χ1v) is 9.16. The molecular formula is C22H20F2N2OS. The van der Waals surface area contributed by atoms with Crippen LogP contribution in [0.2, 0.25) is 0 Å². The van der Waals surface area contributed by atoms with E-state index >= 15 is 0 Å². The Morgan fingerprint density at radius 2 is 1.46 bits per heavy atom. The normalized spacial score (nSPS) is 11.7. The molecule has 0 saturated heterocycles. The lowest BCUT2D eigenvalue weighted by Crippen LogP contribution is -2.33. The highest BCUT2D eigenvalue weighted by Crippen LogP contribution is 2.25. The van der Waals surface area contributed by atoms with Gasteiger partial charge in [-0.05, 0) is 54.0 Å². The van der Waals surface area contributed by atoms with Gasteiger partial charge in [-0.25, -0.2) is 0 Å². The number of thiocarbonyl (C=S) groups is 1. The van der Waals surface area contributed by atoms with Gasteiger partial charge in [0.05, 0.1) is 6.04 Å². The molecule has 28 heavy (non-hydrogen) atoms. The van der Waals surface area contributed by atoms with Crippen molar-refractivity contribution < 1.29 is 13.5 Å². The molecule has 0 aliphatic heterocycles. The van der Waals surface area contributed by atoms with Gasteiger partial charge in [-0.1, -0.05) is 60.7 Å². The summed E-state index contributed by atoms with van der Waals surface area (Å²) in [5, 5.41) is 7.00. The van der Waals surface area contributed by atoms with Gasteiger partial charge in [0.15, 0.2) is 5.11 Å². The molecule has 3 nitrogen and oxygen atoms in total. The van der Waals surface area contributed by atoms with Crippen LogP contribution in [0.4, 0.5) is 14.5 Å². The Kier molecular flexibility index (Phi) is 6.55. The van der Waals surface area contributed by atoms with Crippen molar-refractivity contribution in [3.63, 3.8) is 0 Å². The number of nitrogens with one attached hydrogen (secondary N) is 2. The molecule has 0 unspecified atom stereocenters. The zero-order valence-electron chi connectivity index (χ0n) is 15.2. The SMILES string of the molecule is Cc1ccccc1NC(=S)N[C@@H](c1ccccc1)c1ccc(OC(F)F)cc1. The Labute approximate surface area is 168 Å². The smallest absolute Gasteiger partial charge is 0.387 e. The highest BCUT2D eigenvalue weighted by molar-refractivity contribution is 7.80. The minimum atomic E-state index is -2.85. The molecule has 3 rings (SSSR count). The van der Waals surface area contributed by atoms with Crippen LogP contribution in [0.15, 0.2) is 78.9 Å². The number of anilines is 1. The minimum absolute atomic E-state index is 0.117. The van der Waals surface area contributed by atoms with Crippen molar-refractivity contribution in [1.29, 1.82) is 0 Å². The Balaban J connectivity index is 1.82. The van der Waals surface area contributed by atoms with Crippen LogP contribution >= 0.6 is 12.2 Å². The molecule has 0 heterocycles. The van der Waals surface area contributed by atoms with Crippen molar-refractivity contribution in [3.8, 4) is 5.75 Å². The summed E-state index contributed by atoms with van der Waals surface area (Å²) in [5.41, 5.74) is 3.88. The second kappa shape index (κ2) is 9.28. The number of hydrogen-bond donors (Lipinski definition) is 2. The molecule has 0 aliphatic rings. The Morgan fingerprint density at radius 3 is 2.11 bits per heavy atom. The summed E-state index contributed by atoms with van der Waals surface area (Å²) in [6.07, 6.45) is 0. The van der Waals surface area contributed by atoms with Crippen molar-refractivity contribution in [2.24, 2.45) is 0 Å². The van der Waals surface area contributed by atoms with Gasteiger partial charge < -0.3 is 15.4 Å². The summed E-state index contributed by atoms with van der Waals surface area (Å²) in [6.45, 7) is -0.846. The van der Waals surface area contributed by atoms with Crippen molar-refractivity contribution in [3.05, 3.63) is 95.6 Å². The third kappa shape index (κ3) is 5.27. The molecule has 0 aromatic heterocycles. The zero-order valence-corrected chi connectivity index (χ0v) is 16.0. The van der Waals surface area contributed by atoms with Crippen LogP contribution < -0.4 is 15.4 Å². The molecule has 0 amide bonds. The van der Waals surface area contributed by atoms with Crippen LogP contribution in [-0.2, 0) is 0 Å². The largest absolute Gasteiger partial charge is 0.435 e. The number of hydrogen-bond acceptors (Lipinski definition) is 2. The summed E-state index contributed by atoms with van der Waals surface area (Å²) in [7, 11) is 0. The van der Waals surface area contributed by atoms with Gasteiger partial charge in [0, 0.05) is 5.69 Å². The number of ether oxygens (including phenoxy) is 1. The highest BCUT2D eigenvalue weighted by atomic mass is 32.1. The van der Waals surface area contributed by atoms with E-state index < -0.39 is 6.61 Å². The van der Waals surface area contributed by atoms with E-state index in [1.807, 2.05) is 61.5 Å². The minimum Gasteiger partial charge on any atom is -0.435 e. The molecule has 0 aliphatic carbocycles. The maximum absolute atomic E-state index is 12.4. The number of para-hydroxylation sites is 1. The summed E-state index contributed by atoms with van der Waals surface area (Å²) in [4.78, 5) is 0. The lowest BCUT2D eigenvalue weighted by molar-refractivity contribution is -0.0498. The predicted octanol–water partition coefficient (Wildman–Crippen LogP) is 5.67. The number of aryl methyl sites for hydroxylation is 1. The molecule has 6 heteroatoms. The summed E-state index contributed by atoms with van der Waals surface area (Å²) < 4.78 is 29.2. The Bertz CT molecular complexity index is 917. The Morgan fingerprint density at radius 1 is 0.857 bits per heavy atom. The van der Waals surface area contributed by atoms with Gasteiger partial charge in [0.25, 0.3) is 0 Å². The highest BCUT2D eigenvalue weighted by Gasteiger charge is 2.16. The van der Waals surface area contributed by atoms with Crippen molar-refractivity contribution in [2.75, 3.05) is 5.32 Å². The van der Waals surface area contributed by atoms with Crippen LogP contribution in [0.3, 0.4) is 0 Å². The number of halogens is 2. The molecule has 0 saturated carbocycles. The topological polar surface area (TPSA) is 33.3 Å². The van der Waals surface area contributed by atoms with Crippen LogP contribution in [-0.4, -0.2) is 11.7 Å². The standard InChI is InChI=1S/C22H20F2N2OS/c1-15-7-5-6-10-19(15)25-22(28)26-20(16-8-3-2-4-9-16)17-11-13-18(14-12-17)27-21(23)24/h2-14,20-21H,1H3,(H2,25,26,28)/t20-/m0/s1. The van der Waals surface area contributed by atoms with E-state index in [4.69, 9.17) is 12.2 Å². The van der Waals surface area contributed by atoms with E-state index in [1.54, 1.807) is 12.1 Å². The first-order valence-electron chi connectivity index (χ1n) is 8.76. The average molecular weight is 398 g/mol. The van der Waals surface area contributed by atoms with Crippen molar-refractivity contribution in [1.82, 2.24) is 5.32 Å². The van der Waals surface area contributed by atoms with E-state index in [-0.39, 0.29) is 11.8 Å². The molecule has 144 valence electrons. The fourth-order valence-electron chi connectivity index (χ4n) is 2.85. The molecule has 2 N–H and O–H groups in total. The molecule has 0 fully saturated rings. The van der Waals surface area contributed by atoms with E-state index in [2.05, 4.69) is 15.4 Å². The third-order valence-electron chi connectivity index (χ3n) is 4.24. The summed E-state index contributed by atoms with van der Waals surface area (Å²) in [5.74, 6) is 0.117. The monoisotopic (exact) mass is 398 g/mol. The van der Waals surface area contributed by atoms with Gasteiger partial charge in [0.1, 0.15) is 5.75 Å². The summed E-state index contributed by atoms with van der Waals surface area (Å²) >= 11 is 5.51. The van der Waals surface area contributed by atoms with Gasteiger partial charge in [0.2, 0.25) is 0 Å². The molecule has 3 aromatic rings. The first-order chi connectivity index (χ1) is 13.5. The van der Waals surface area contributed by atoms with Gasteiger partial charge in [-0.3, -0.25) is 0 Å². The fourth-order valence-corrected chi connectivity index (χ4v) is 3.08. The number of alkyl halides is 2. The summed E-state index contributed by atoms with van der Waals surface area (Å²) in [6, 6.07) is 23.9. The zero-order chi connectivity index (χ0) is 19.9.